The van der Waals surface area contributed by atoms with Crippen molar-refractivity contribution in [1.82, 2.24) is 30.2 Å². The van der Waals surface area contributed by atoms with Gasteiger partial charge < -0.3 is 20.6 Å². The largest absolute Gasteiger partial charge is 0.368 e. The standard InChI is InChI=1S/C19H20ClN7O/c1-11(8-12-9-22-14-5-3-2-4-13(12)14)25-15(28)6-7-21-17-16-18(24-10-23-16)27-19(20)26-17/h2-5,9-11,22H,6-8H2,1H3,(H,25,28)(H2,21,23,24,26,27)/t11-/m0/s1. The highest BCUT2D eigenvalue weighted by molar-refractivity contribution is 6.28. The van der Waals surface area contributed by atoms with Crippen LogP contribution in [0.25, 0.3) is 22.1 Å². The van der Waals surface area contributed by atoms with Crippen molar-refractivity contribution in [1.29, 1.82) is 0 Å². The Morgan fingerprint density at radius 2 is 2.11 bits per heavy atom. The van der Waals surface area contributed by atoms with Crippen molar-refractivity contribution in [3.05, 3.63) is 47.6 Å². The summed E-state index contributed by atoms with van der Waals surface area (Å²) in [4.78, 5) is 30.7. The number of amides is 1. The van der Waals surface area contributed by atoms with Gasteiger partial charge in [-0.05, 0) is 36.6 Å². The molecule has 0 unspecified atom stereocenters. The highest BCUT2D eigenvalue weighted by Gasteiger charge is 2.12. The molecule has 9 heteroatoms. The minimum absolute atomic E-state index is 0.0270. The lowest BCUT2D eigenvalue weighted by Gasteiger charge is -2.14. The van der Waals surface area contributed by atoms with Crippen LogP contribution in [0.2, 0.25) is 5.28 Å². The molecule has 1 aromatic carbocycles. The molecule has 0 bridgehead atoms. The Morgan fingerprint density at radius 1 is 1.25 bits per heavy atom. The average molecular weight is 398 g/mol. The minimum atomic E-state index is -0.0270. The van der Waals surface area contributed by atoms with E-state index in [4.69, 9.17) is 11.6 Å². The molecule has 0 radical (unpaired) electrons. The SMILES string of the molecule is C[C@@H](Cc1c[nH]c2ccccc12)NC(=O)CCNc1nc(Cl)nc2nc[nH]c12. The monoisotopic (exact) mass is 397 g/mol. The maximum absolute atomic E-state index is 12.3. The van der Waals surface area contributed by atoms with Crippen LogP contribution in [0.1, 0.15) is 18.9 Å². The number of para-hydroxylation sites is 1. The van der Waals surface area contributed by atoms with E-state index in [2.05, 4.69) is 41.6 Å². The third-order valence-electron chi connectivity index (χ3n) is 4.51. The third-order valence-corrected chi connectivity index (χ3v) is 4.68. The lowest BCUT2D eigenvalue weighted by molar-refractivity contribution is -0.121. The van der Waals surface area contributed by atoms with Crippen LogP contribution < -0.4 is 10.6 Å². The molecule has 3 aromatic heterocycles. The first-order valence-corrected chi connectivity index (χ1v) is 9.43. The number of anilines is 1. The molecule has 4 N–H and O–H groups in total. The number of halogens is 1. The molecule has 0 aliphatic carbocycles. The Hall–Kier alpha value is -3.13. The maximum Gasteiger partial charge on any atom is 0.226 e. The van der Waals surface area contributed by atoms with Gasteiger partial charge >= 0.3 is 0 Å². The highest BCUT2D eigenvalue weighted by Crippen LogP contribution is 2.20. The second-order valence-electron chi connectivity index (χ2n) is 6.65. The van der Waals surface area contributed by atoms with Gasteiger partial charge in [-0.3, -0.25) is 4.79 Å². The summed E-state index contributed by atoms with van der Waals surface area (Å²) in [6, 6.07) is 8.18. The van der Waals surface area contributed by atoms with Crippen molar-refractivity contribution < 1.29 is 4.79 Å². The molecule has 28 heavy (non-hydrogen) atoms. The second-order valence-corrected chi connectivity index (χ2v) is 6.99. The number of aromatic amines is 2. The number of rotatable bonds is 7. The average Bonchev–Trinajstić information content (AvgIpc) is 3.29. The maximum atomic E-state index is 12.3. The molecule has 0 fully saturated rings. The summed E-state index contributed by atoms with van der Waals surface area (Å²) in [6.45, 7) is 2.43. The summed E-state index contributed by atoms with van der Waals surface area (Å²) in [5.41, 5.74) is 3.45. The molecule has 4 rings (SSSR count). The number of benzene rings is 1. The van der Waals surface area contributed by atoms with Gasteiger partial charge in [0.2, 0.25) is 11.2 Å². The van der Waals surface area contributed by atoms with Crippen LogP contribution >= 0.6 is 11.6 Å². The molecule has 4 aromatic rings. The zero-order valence-corrected chi connectivity index (χ0v) is 16.0. The lowest BCUT2D eigenvalue weighted by atomic mass is 10.1. The summed E-state index contributed by atoms with van der Waals surface area (Å²) < 4.78 is 0. The Bertz CT molecular complexity index is 1120. The van der Waals surface area contributed by atoms with E-state index >= 15 is 0 Å². The van der Waals surface area contributed by atoms with Crippen molar-refractivity contribution >= 4 is 45.4 Å². The van der Waals surface area contributed by atoms with Crippen molar-refractivity contribution in [2.75, 3.05) is 11.9 Å². The molecular formula is C19H20ClN7O. The van der Waals surface area contributed by atoms with Crippen LogP contribution in [-0.2, 0) is 11.2 Å². The first kappa shape index (κ1) is 18.2. The van der Waals surface area contributed by atoms with Gasteiger partial charge in [-0.1, -0.05) is 18.2 Å². The van der Waals surface area contributed by atoms with E-state index in [1.54, 1.807) is 0 Å². The predicted molar refractivity (Wildman–Crippen MR) is 109 cm³/mol. The number of H-pyrrole nitrogens is 2. The topological polar surface area (TPSA) is 111 Å². The fraction of sp³-hybridized carbons (Fsp3) is 0.263. The normalized spacial score (nSPS) is 12.4. The Morgan fingerprint density at radius 3 is 3.00 bits per heavy atom. The summed E-state index contributed by atoms with van der Waals surface area (Å²) in [5.74, 6) is 0.507. The molecule has 0 saturated carbocycles. The number of nitrogens with zero attached hydrogens (tertiary/aromatic N) is 3. The van der Waals surface area contributed by atoms with Gasteiger partial charge in [0.15, 0.2) is 11.5 Å². The van der Waals surface area contributed by atoms with E-state index < -0.39 is 0 Å². The van der Waals surface area contributed by atoms with Gasteiger partial charge in [0.1, 0.15) is 5.52 Å². The zero-order chi connectivity index (χ0) is 19.5. The fourth-order valence-corrected chi connectivity index (χ4v) is 3.42. The van der Waals surface area contributed by atoms with Crippen LogP contribution in [0.4, 0.5) is 5.82 Å². The molecule has 0 saturated heterocycles. The Labute approximate surface area is 166 Å². The number of carbonyl (C=O) groups is 1. The third kappa shape index (κ3) is 3.91. The number of hydrogen-bond donors (Lipinski definition) is 4. The summed E-state index contributed by atoms with van der Waals surface area (Å²) in [6.07, 6.45) is 4.61. The van der Waals surface area contributed by atoms with Crippen LogP contribution in [0.15, 0.2) is 36.8 Å². The van der Waals surface area contributed by atoms with E-state index in [-0.39, 0.29) is 17.2 Å². The van der Waals surface area contributed by atoms with Crippen LogP contribution in [-0.4, -0.2) is 43.4 Å². The van der Waals surface area contributed by atoms with Crippen molar-refractivity contribution in [2.24, 2.45) is 0 Å². The van der Waals surface area contributed by atoms with Crippen LogP contribution in [0.3, 0.4) is 0 Å². The fourth-order valence-electron chi connectivity index (χ4n) is 3.26. The van der Waals surface area contributed by atoms with Crippen molar-refractivity contribution in [3.63, 3.8) is 0 Å². The predicted octanol–water partition coefficient (Wildman–Crippen LogP) is 3.04. The molecule has 0 spiro atoms. The molecule has 144 valence electrons. The van der Waals surface area contributed by atoms with Gasteiger partial charge in [-0.25, -0.2) is 4.98 Å². The quantitative estimate of drug-likeness (QED) is 0.358. The second kappa shape index (κ2) is 7.85. The van der Waals surface area contributed by atoms with Gasteiger partial charge in [0, 0.05) is 36.1 Å². The zero-order valence-electron chi connectivity index (χ0n) is 15.3. The van der Waals surface area contributed by atoms with Gasteiger partial charge in [-0.2, -0.15) is 9.97 Å². The molecule has 1 amide bonds. The number of aromatic nitrogens is 5. The molecule has 0 aliphatic heterocycles. The summed E-state index contributed by atoms with van der Waals surface area (Å²) >= 11 is 5.90. The Balaban J connectivity index is 1.30. The molecule has 3 heterocycles. The first-order valence-electron chi connectivity index (χ1n) is 9.05. The van der Waals surface area contributed by atoms with E-state index in [0.29, 0.717) is 29.9 Å². The highest BCUT2D eigenvalue weighted by atomic mass is 35.5. The van der Waals surface area contributed by atoms with E-state index in [9.17, 15) is 4.79 Å². The van der Waals surface area contributed by atoms with E-state index in [1.807, 2.05) is 31.3 Å². The number of hydrogen-bond acceptors (Lipinski definition) is 5. The summed E-state index contributed by atoms with van der Waals surface area (Å²) in [7, 11) is 0. The van der Waals surface area contributed by atoms with Gasteiger partial charge in [0.05, 0.1) is 6.33 Å². The lowest BCUT2D eigenvalue weighted by Crippen LogP contribution is -2.35. The number of fused-ring (bicyclic) bond motifs is 2. The van der Waals surface area contributed by atoms with Gasteiger partial charge in [-0.15, -0.1) is 0 Å². The van der Waals surface area contributed by atoms with E-state index in [1.165, 1.54) is 17.3 Å². The first-order chi connectivity index (χ1) is 13.6. The van der Waals surface area contributed by atoms with Crippen LogP contribution in [0.5, 0.6) is 0 Å². The molecule has 8 nitrogen and oxygen atoms in total. The molecule has 1 atom stereocenters. The molecular weight excluding hydrogens is 378 g/mol. The molecule has 0 aliphatic rings. The smallest absolute Gasteiger partial charge is 0.226 e. The van der Waals surface area contributed by atoms with Gasteiger partial charge in [0.25, 0.3) is 0 Å². The van der Waals surface area contributed by atoms with Crippen molar-refractivity contribution in [3.8, 4) is 0 Å². The number of nitrogens with one attached hydrogen (secondary N) is 4. The minimum Gasteiger partial charge on any atom is -0.368 e. The van der Waals surface area contributed by atoms with Crippen molar-refractivity contribution in [2.45, 2.75) is 25.8 Å². The summed E-state index contributed by atoms with van der Waals surface area (Å²) in [5, 5.41) is 7.46. The number of imidazole rings is 1. The number of carbonyl (C=O) groups excluding carboxylic acids is 1. The Kier molecular flexibility index (Phi) is 5.12. The van der Waals surface area contributed by atoms with Crippen LogP contribution in [0, 0.1) is 0 Å². The van der Waals surface area contributed by atoms with E-state index in [0.717, 1.165) is 11.9 Å².